The van der Waals surface area contributed by atoms with Crippen LogP contribution in [-0.2, 0) is 0 Å². The fourth-order valence-electron chi connectivity index (χ4n) is 2.64. The van der Waals surface area contributed by atoms with Crippen LogP contribution in [0.25, 0.3) is 0 Å². The fourth-order valence-corrected chi connectivity index (χ4v) is 2.64. The number of benzene rings is 1. The first-order valence-electron chi connectivity index (χ1n) is 6.87. The van der Waals surface area contributed by atoms with E-state index < -0.39 is 0 Å². The third-order valence-corrected chi connectivity index (χ3v) is 3.84. The molecule has 0 amide bonds. The van der Waals surface area contributed by atoms with Gasteiger partial charge in [-0.15, -0.1) is 0 Å². The molecule has 2 rings (SSSR count). The van der Waals surface area contributed by atoms with E-state index in [0.29, 0.717) is 0 Å². The smallest absolute Gasteiger partial charge is 0.120 e. The van der Waals surface area contributed by atoms with Gasteiger partial charge in [0.25, 0.3) is 0 Å². The van der Waals surface area contributed by atoms with Crippen LogP contribution < -0.4 is 15.0 Å². The summed E-state index contributed by atoms with van der Waals surface area (Å²) in [5.74, 6) is 1.84. The van der Waals surface area contributed by atoms with Crippen LogP contribution >= 0.6 is 0 Å². The van der Waals surface area contributed by atoms with Gasteiger partial charge >= 0.3 is 0 Å². The van der Waals surface area contributed by atoms with E-state index in [1.165, 1.54) is 38.0 Å². The van der Waals surface area contributed by atoms with Gasteiger partial charge in [-0.25, -0.2) is 0 Å². The number of nitrogens with one attached hydrogen (secondary N) is 1. The number of ether oxygens (including phenoxy) is 1. The van der Waals surface area contributed by atoms with Crippen molar-refractivity contribution < 1.29 is 4.74 Å². The molecule has 1 fully saturated rings. The lowest BCUT2D eigenvalue weighted by Gasteiger charge is -2.33. The van der Waals surface area contributed by atoms with Gasteiger partial charge in [-0.05, 0) is 50.9 Å². The molecule has 0 radical (unpaired) electrons. The maximum Gasteiger partial charge on any atom is 0.120 e. The van der Waals surface area contributed by atoms with Crippen molar-refractivity contribution in [1.29, 1.82) is 0 Å². The zero-order chi connectivity index (χ0) is 12.8. The number of hydrogen-bond acceptors (Lipinski definition) is 3. The van der Waals surface area contributed by atoms with Crippen molar-refractivity contribution in [3.63, 3.8) is 0 Å². The molecule has 0 aromatic heterocycles. The maximum atomic E-state index is 5.28. The van der Waals surface area contributed by atoms with E-state index >= 15 is 0 Å². The Morgan fingerprint density at radius 1 is 1.33 bits per heavy atom. The summed E-state index contributed by atoms with van der Waals surface area (Å²) in [6, 6.07) is 8.38. The summed E-state index contributed by atoms with van der Waals surface area (Å²) < 4.78 is 5.28. The Balaban J connectivity index is 1.88. The van der Waals surface area contributed by atoms with Crippen molar-refractivity contribution in [2.24, 2.45) is 5.92 Å². The van der Waals surface area contributed by atoms with Gasteiger partial charge in [0.1, 0.15) is 5.75 Å². The fraction of sp³-hybridized carbons (Fsp3) is 0.600. The molecule has 3 heteroatoms. The van der Waals surface area contributed by atoms with E-state index in [2.05, 4.69) is 28.4 Å². The highest BCUT2D eigenvalue weighted by atomic mass is 16.5. The monoisotopic (exact) mass is 248 g/mol. The Kier molecular flexibility index (Phi) is 4.88. The maximum absolute atomic E-state index is 5.28. The van der Waals surface area contributed by atoms with Gasteiger partial charge in [0.05, 0.1) is 7.11 Å². The number of piperidine rings is 1. The molecule has 0 saturated carbocycles. The molecule has 1 aromatic carbocycles. The molecule has 1 aliphatic rings. The van der Waals surface area contributed by atoms with Gasteiger partial charge < -0.3 is 15.0 Å². The second-order valence-corrected chi connectivity index (χ2v) is 5.02. The van der Waals surface area contributed by atoms with Crippen LogP contribution in [0.2, 0.25) is 0 Å². The third-order valence-electron chi connectivity index (χ3n) is 3.84. The molecular weight excluding hydrogens is 224 g/mol. The van der Waals surface area contributed by atoms with E-state index in [1.807, 2.05) is 13.1 Å². The van der Waals surface area contributed by atoms with Crippen molar-refractivity contribution in [2.75, 3.05) is 38.7 Å². The summed E-state index contributed by atoms with van der Waals surface area (Å²) >= 11 is 0. The predicted molar refractivity (Wildman–Crippen MR) is 76.5 cm³/mol. The van der Waals surface area contributed by atoms with Crippen molar-refractivity contribution in [3.8, 4) is 5.75 Å². The summed E-state index contributed by atoms with van der Waals surface area (Å²) in [6.07, 6.45) is 3.92. The zero-order valence-electron chi connectivity index (χ0n) is 11.5. The second kappa shape index (κ2) is 6.64. The first-order chi connectivity index (χ1) is 8.83. The van der Waals surface area contributed by atoms with Gasteiger partial charge in [0, 0.05) is 24.8 Å². The van der Waals surface area contributed by atoms with Crippen LogP contribution in [0.1, 0.15) is 19.3 Å². The first kappa shape index (κ1) is 13.2. The highest BCUT2D eigenvalue weighted by molar-refractivity contribution is 5.50. The van der Waals surface area contributed by atoms with E-state index in [9.17, 15) is 0 Å². The molecule has 3 nitrogen and oxygen atoms in total. The molecule has 0 atom stereocenters. The molecule has 0 bridgehead atoms. The van der Waals surface area contributed by atoms with Gasteiger partial charge in [-0.1, -0.05) is 6.07 Å². The minimum absolute atomic E-state index is 0.888. The van der Waals surface area contributed by atoms with E-state index in [4.69, 9.17) is 4.74 Å². The molecule has 1 aromatic rings. The lowest BCUT2D eigenvalue weighted by molar-refractivity contribution is 0.377. The number of methoxy groups -OCH3 is 1. The average Bonchev–Trinajstić information content (AvgIpc) is 2.46. The molecular formula is C15H24N2O. The van der Waals surface area contributed by atoms with Crippen LogP contribution in [0.4, 0.5) is 5.69 Å². The Morgan fingerprint density at radius 3 is 2.78 bits per heavy atom. The molecule has 100 valence electrons. The summed E-state index contributed by atoms with van der Waals surface area (Å²) in [6.45, 7) is 3.48. The Labute approximate surface area is 110 Å². The molecule has 1 aliphatic heterocycles. The molecule has 18 heavy (non-hydrogen) atoms. The van der Waals surface area contributed by atoms with Crippen LogP contribution in [0.15, 0.2) is 24.3 Å². The number of nitrogens with zero attached hydrogens (tertiary/aromatic N) is 1. The Bertz CT molecular complexity index is 359. The van der Waals surface area contributed by atoms with Crippen LogP contribution in [0.5, 0.6) is 5.75 Å². The topological polar surface area (TPSA) is 24.5 Å². The lowest BCUT2D eigenvalue weighted by Crippen LogP contribution is -2.34. The highest BCUT2D eigenvalue weighted by Crippen LogP contribution is 2.27. The van der Waals surface area contributed by atoms with Crippen LogP contribution in [-0.4, -0.2) is 33.8 Å². The predicted octanol–water partition coefficient (Wildman–Crippen LogP) is 2.52. The lowest BCUT2D eigenvalue weighted by atomic mass is 9.93. The molecule has 0 aliphatic carbocycles. The van der Waals surface area contributed by atoms with Crippen LogP contribution in [0.3, 0.4) is 0 Å². The summed E-state index contributed by atoms with van der Waals surface area (Å²) in [7, 11) is 3.76. The quantitative estimate of drug-likeness (QED) is 0.866. The molecule has 1 heterocycles. The minimum Gasteiger partial charge on any atom is -0.497 e. The first-order valence-corrected chi connectivity index (χ1v) is 6.87. The zero-order valence-corrected chi connectivity index (χ0v) is 11.5. The molecule has 1 saturated heterocycles. The Hall–Kier alpha value is -1.22. The summed E-state index contributed by atoms with van der Waals surface area (Å²) in [5, 5.41) is 3.24. The van der Waals surface area contributed by atoms with Crippen molar-refractivity contribution in [1.82, 2.24) is 5.32 Å². The van der Waals surface area contributed by atoms with Gasteiger partial charge in [-0.2, -0.15) is 0 Å². The Morgan fingerprint density at radius 2 is 2.11 bits per heavy atom. The van der Waals surface area contributed by atoms with Crippen LogP contribution in [0, 0.1) is 5.92 Å². The van der Waals surface area contributed by atoms with Gasteiger partial charge in [0.15, 0.2) is 0 Å². The third kappa shape index (κ3) is 3.39. The van der Waals surface area contributed by atoms with Gasteiger partial charge in [0.2, 0.25) is 0 Å². The van der Waals surface area contributed by atoms with Crippen molar-refractivity contribution >= 4 is 5.69 Å². The number of hydrogen-bond donors (Lipinski definition) is 1. The number of anilines is 1. The van der Waals surface area contributed by atoms with Crippen molar-refractivity contribution in [2.45, 2.75) is 19.3 Å². The summed E-state index contributed by atoms with van der Waals surface area (Å²) in [5.41, 5.74) is 1.29. The second-order valence-electron chi connectivity index (χ2n) is 5.02. The standard InChI is InChI=1S/C15H24N2O/c1-16-9-6-13-7-10-17(11-8-13)14-4-3-5-15(12-14)18-2/h3-5,12-13,16H,6-11H2,1-2H3. The molecule has 0 spiro atoms. The van der Waals surface area contributed by atoms with Gasteiger partial charge in [-0.3, -0.25) is 0 Å². The molecule has 0 unspecified atom stereocenters. The summed E-state index contributed by atoms with van der Waals surface area (Å²) in [4.78, 5) is 2.47. The van der Waals surface area contributed by atoms with Crippen molar-refractivity contribution in [3.05, 3.63) is 24.3 Å². The average molecular weight is 248 g/mol. The van der Waals surface area contributed by atoms with E-state index in [0.717, 1.165) is 18.2 Å². The van der Waals surface area contributed by atoms with E-state index in [1.54, 1.807) is 7.11 Å². The SMILES string of the molecule is CNCCC1CCN(c2cccc(OC)c2)CC1. The van der Waals surface area contributed by atoms with E-state index in [-0.39, 0.29) is 0 Å². The number of rotatable bonds is 5. The highest BCUT2D eigenvalue weighted by Gasteiger charge is 2.19. The largest absolute Gasteiger partial charge is 0.497 e. The minimum atomic E-state index is 0.888. The molecule has 1 N–H and O–H groups in total. The normalized spacial score (nSPS) is 16.9.